The van der Waals surface area contributed by atoms with Gasteiger partial charge in [-0.25, -0.2) is 4.79 Å². The van der Waals surface area contributed by atoms with Crippen LogP contribution in [0.2, 0.25) is 0 Å². The monoisotopic (exact) mass is 244 g/mol. The number of carbonyl (C=O) groups excluding carboxylic acids is 1. The van der Waals surface area contributed by atoms with Crippen LogP contribution >= 0.6 is 0 Å². The third kappa shape index (κ3) is 2.33. The Morgan fingerprint density at radius 2 is 2.11 bits per heavy atom. The van der Waals surface area contributed by atoms with Crippen LogP contribution in [-0.4, -0.2) is 12.6 Å². The van der Waals surface area contributed by atoms with E-state index in [2.05, 4.69) is 25.1 Å². The summed E-state index contributed by atoms with van der Waals surface area (Å²) in [6.07, 6.45) is 2.06. The van der Waals surface area contributed by atoms with Crippen molar-refractivity contribution in [1.29, 1.82) is 0 Å². The van der Waals surface area contributed by atoms with E-state index in [0.717, 1.165) is 24.0 Å². The van der Waals surface area contributed by atoms with Crippen molar-refractivity contribution in [2.24, 2.45) is 0 Å². The maximum absolute atomic E-state index is 11.9. The van der Waals surface area contributed by atoms with Crippen molar-refractivity contribution in [3.05, 3.63) is 41.0 Å². The summed E-state index contributed by atoms with van der Waals surface area (Å²) >= 11 is 0. The molecule has 0 amide bonds. The molecule has 96 valence electrons. The van der Waals surface area contributed by atoms with E-state index in [-0.39, 0.29) is 5.97 Å². The van der Waals surface area contributed by atoms with Crippen LogP contribution < -0.4 is 0 Å². The smallest absolute Gasteiger partial charge is 0.333 e. The Morgan fingerprint density at radius 3 is 2.83 bits per heavy atom. The van der Waals surface area contributed by atoms with E-state index >= 15 is 0 Å². The summed E-state index contributed by atoms with van der Waals surface area (Å²) in [6, 6.07) is 8.38. The van der Waals surface area contributed by atoms with Crippen LogP contribution in [0.5, 0.6) is 0 Å². The van der Waals surface area contributed by atoms with Gasteiger partial charge >= 0.3 is 5.97 Å². The molecule has 0 aromatic heterocycles. The molecule has 0 saturated carbocycles. The van der Waals surface area contributed by atoms with Gasteiger partial charge in [0, 0.05) is 5.57 Å². The van der Waals surface area contributed by atoms with Crippen LogP contribution in [0.4, 0.5) is 0 Å². The van der Waals surface area contributed by atoms with Crippen molar-refractivity contribution < 1.29 is 9.53 Å². The Bertz CT molecular complexity index is 486. The van der Waals surface area contributed by atoms with Crippen molar-refractivity contribution in [3.63, 3.8) is 0 Å². The summed E-state index contributed by atoms with van der Waals surface area (Å²) in [6.45, 7) is 6.39. The van der Waals surface area contributed by atoms with Crippen molar-refractivity contribution in [2.45, 2.75) is 39.5 Å². The van der Waals surface area contributed by atoms with Gasteiger partial charge in [-0.15, -0.1) is 0 Å². The highest BCUT2D eigenvalue weighted by Gasteiger charge is 2.23. The summed E-state index contributed by atoms with van der Waals surface area (Å²) in [5.41, 5.74) is 4.49. The van der Waals surface area contributed by atoms with Gasteiger partial charge in [-0.2, -0.15) is 0 Å². The zero-order valence-electron chi connectivity index (χ0n) is 11.3. The lowest BCUT2D eigenvalue weighted by Crippen LogP contribution is -2.12. The molecular formula is C16H20O2. The van der Waals surface area contributed by atoms with Gasteiger partial charge in [0.05, 0.1) is 6.61 Å². The number of hydrogen-bond acceptors (Lipinski definition) is 2. The van der Waals surface area contributed by atoms with Crippen LogP contribution in [0.25, 0.3) is 5.57 Å². The molecule has 1 aromatic rings. The number of allylic oxidation sites excluding steroid dienone is 1. The highest BCUT2D eigenvalue weighted by atomic mass is 16.5. The van der Waals surface area contributed by atoms with Gasteiger partial charge in [-0.3, -0.25) is 0 Å². The van der Waals surface area contributed by atoms with E-state index in [1.165, 1.54) is 11.1 Å². The molecule has 1 atom stereocenters. The topological polar surface area (TPSA) is 26.3 Å². The molecule has 0 saturated heterocycles. The molecule has 2 heteroatoms. The summed E-state index contributed by atoms with van der Waals surface area (Å²) in [5, 5.41) is 0. The molecule has 2 nitrogen and oxygen atoms in total. The molecule has 0 aliphatic heterocycles. The molecule has 1 aromatic carbocycles. The molecule has 0 radical (unpaired) electrons. The Hall–Kier alpha value is -1.57. The van der Waals surface area contributed by atoms with Crippen LogP contribution in [-0.2, 0) is 9.53 Å². The first kappa shape index (κ1) is 12.9. The number of hydrogen-bond donors (Lipinski definition) is 0. The maximum atomic E-state index is 11.9. The first-order chi connectivity index (χ1) is 8.65. The number of esters is 1. The standard InChI is InChI=1S/C16H20O2/c1-4-18-16(17)12(3)14-10-9-11(2)13-7-5-6-8-15(13)14/h5-8,11H,4,9-10H2,1-3H3/b14-12-. The van der Waals surface area contributed by atoms with E-state index in [0.29, 0.717) is 12.5 Å². The fraction of sp³-hybridized carbons (Fsp3) is 0.438. The minimum absolute atomic E-state index is 0.183. The summed E-state index contributed by atoms with van der Waals surface area (Å²) in [5.74, 6) is 0.386. The van der Waals surface area contributed by atoms with E-state index < -0.39 is 0 Å². The Morgan fingerprint density at radius 1 is 1.39 bits per heavy atom. The Kier molecular flexibility index (Phi) is 3.85. The van der Waals surface area contributed by atoms with Crippen LogP contribution in [0.15, 0.2) is 29.8 Å². The largest absolute Gasteiger partial charge is 0.463 e. The summed E-state index contributed by atoms with van der Waals surface area (Å²) in [4.78, 5) is 11.9. The van der Waals surface area contributed by atoms with E-state index in [1.54, 1.807) is 0 Å². The maximum Gasteiger partial charge on any atom is 0.333 e. The second kappa shape index (κ2) is 5.38. The lowest BCUT2D eigenvalue weighted by molar-refractivity contribution is -0.138. The molecule has 0 bridgehead atoms. The van der Waals surface area contributed by atoms with Gasteiger partial charge in [0.15, 0.2) is 0 Å². The number of carbonyl (C=O) groups is 1. The molecule has 1 aliphatic rings. The zero-order chi connectivity index (χ0) is 13.1. The fourth-order valence-electron chi connectivity index (χ4n) is 2.60. The molecule has 1 unspecified atom stereocenters. The third-order valence-corrected chi connectivity index (χ3v) is 3.68. The molecule has 0 spiro atoms. The van der Waals surface area contributed by atoms with Crippen LogP contribution in [0.1, 0.15) is 50.7 Å². The summed E-state index contributed by atoms with van der Waals surface area (Å²) < 4.78 is 5.10. The number of fused-ring (bicyclic) bond motifs is 1. The van der Waals surface area contributed by atoms with Gasteiger partial charge in [-0.1, -0.05) is 31.2 Å². The lowest BCUT2D eigenvalue weighted by Gasteiger charge is -2.25. The minimum Gasteiger partial charge on any atom is -0.463 e. The second-order valence-electron chi connectivity index (χ2n) is 4.85. The average Bonchev–Trinajstić information content (AvgIpc) is 2.39. The number of ether oxygens (including phenoxy) is 1. The van der Waals surface area contributed by atoms with Gasteiger partial charge in [-0.05, 0) is 49.3 Å². The van der Waals surface area contributed by atoms with E-state index in [4.69, 9.17) is 4.74 Å². The highest BCUT2D eigenvalue weighted by Crippen LogP contribution is 2.39. The Labute approximate surface area is 109 Å². The average molecular weight is 244 g/mol. The molecule has 0 fully saturated rings. The fourth-order valence-corrected chi connectivity index (χ4v) is 2.60. The van der Waals surface area contributed by atoms with Crippen molar-refractivity contribution in [2.75, 3.05) is 6.61 Å². The van der Waals surface area contributed by atoms with Crippen molar-refractivity contribution >= 4 is 11.5 Å². The number of rotatable bonds is 2. The summed E-state index contributed by atoms with van der Waals surface area (Å²) in [7, 11) is 0. The molecular weight excluding hydrogens is 224 g/mol. The van der Waals surface area contributed by atoms with Crippen LogP contribution in [0.3, 0.4) is 0 Å². The van der Waals surface area contributed by atoms with Gasteiger partial charge < -0.3 is 4.74 Å². The van der Waals surface area contributed by atoms with Crippen molar-refractivity contribution in [3.8, 4) is 0 Å². The SMILES string of the molecule is CCOC(=O)/C(C)=C1/CCC(C)c2ccccc21. The molecule has 0 N–H and O–H groups in total. The highest BCUT2D eigenvalue weighted by molar-refractivity contribution is 5.97. The minimum atomic E-state index is -0.183. The molecule has 18 heavy (non-hydrogen) atoms. The third-order valence-electron chi connectivity index (χ3n) is 3.68. The second-order valence-corrected chi connectivity index (χ2v) is 4.85. The predicted molar refractivity (Wildman–Crippen MR) is 73.3 cm³/mol. The zero-order valence-corrected chi connectivity index (χ0v) is 11.3. The van der Waals surface area contributed by atoms with E-state index in [9.17, 15) is 4.79 Å². The Balaban J connectivity index is 2.45. The lowest BCUT2D eigenvalue weighted by atomic mass is 9.79. The van der Waals surface area contributed by atoms with Crippen molar-refractivity contribution in [1.82, 2.24) is 0 Å². The molecule has 1 aliphatic carbocycles. The quantitative estimate of drug-likeness (QED) is 0.582. The van der Waals surface area contributed by atoms with Gasteiger partial charge in [0.2, 0.25) is 0 Å². The first-order valence-electron chi connectivity index (χ1n) is 6.61. The van der Waals surface area contributed by atoms with E-state index in [1.807, 2.05) is 19.9 Å². The molecule has 2 rings (SSSR count). The van der Waals surface area contributed by atoms with Gasteiger partial charge in [0.1, 0.15) is 0 Å². The van der Waals surface area contributed by atoms with Gasteiger partial charge in [0.25, 0.3) is 0 Å². The number of benzene rings is 1. The molecule has 0 heterocycles. The predicted octanol–water partition coefficient (Wildman–Crippen LogP) is 3.92. The van der Waals surface area contributed by atoms with Crippen LogP contribution in [0, 0.1) is 0 Å². The normalized spacial score (nSPS) is 21.2. The first-order valence-corrected chi connectivity index (χ1v) is 6.61.